The number of benzene rings is 8. The van der Waals surface area contributed by atoms with Gasteiger partial charge >= 0.3 is 413 Å². The van der Waals surface area contributed by atoms with E-state index in [0.29, 0.717) is 11.8 Å². The second-order valence-corrected chi connectivity index (χ2v) is 19.8. The molecule has 0 saturated heterocycles. The molecule has 0 saturated carbocycles. The fraction of sp³-hybridized carbons (Fsp3) is 0.102. The summed E-state index contributed by atoms with van der Waals surface area (Å²) >= 11 is -0.139. The predicted octanol–water partition coefficient (Wildman–Crippen LogP) is 12.8. The maximum atomic E-state index is 5.10. The van der Waals surface area contributed by atoms with Crippen LogP contribution in [0.3, 0.4) is 0 Å². The molecule has 0 aliphatic carbocycles. The first-order valence-corrected chi connectivity index (χ1v) is 24.3. The van der Waals surface area contributed by atoms with E-state index < -0.39 is 0 Å². The van der Waals surface area contributed by atoms with E-state index in [1.165, 1.54) is 22.2 Å². The Balaban J connectivity index is 0.00000494. The van der Waals surface area contributed by atoms with Crippen molar-refractivity contribution in [2.24, 2.45) is 0 Å². The zero-order valence-corrected chi connectivity index (χ0v) is 41.4. The summed E-state index contributed by atoms with van der Waals surface area (Å²) in [4.78, 5) is 5.10. The van der Waals surface area contributed by atoms with Crippen LogP contribution in [-0.4, -0.2) is 43.7 Å². The molecule has 12 aromatic rings. The number of nitrogens with zero attached hydrogens (tertiary/aromatic N) is 6. The van der Waals surface area contributed by atoms with Crippen LogP contribution >= 0.6 is 0 Å². The van der Waals surface area contributed by atoms with Crippen LogP contribution in [0.5, 0.6) is 0 Å². The van der Waals surface area contributed by atoms with Crippen molar-refractivity contribution in [2.75, 3.05) is 0 Å². The molecule has 4 aromatic heterocycles. The van der Waals surface area contributed by atoms with Crippen molar-refractivity contribution in [3.63, 3.8) is 0 Å². The average Bonchev–Trinajstić information content (AvgIpc) is 4.10. The van der Waals surface area contributed by atoms with Gasteiger partial charge in [-0.05, 0) is 0 Å². The number of para-hydroxylation sites is 3. The van der Waals surface area contributed by atoms with E-state index in [1.54, 1.807) is 0 Å². The van der Waals surface area contributed by atoms with E-state index in [-0.39, 0.29) is 36.0 Å². The van der Waals surface area contributed by atoms with Gasteiger partial charge in [-0.15, -0.1) is 0 Å². The Morgan fingerprint density at radius 2 is 1.09 bits per heavy atom. The number of pyridine rings is 1. The Kier molecular flexibility index (Phi) is 11.1. The molecule has 326 valence electrons. The minimum Gasteiger partial charge on any atom is 2.00 e. The van der Waals surface area contributed by atoms with Gasteiger partial charge in [0.05, 0.1) is 0 Å². The van der Waals surface area contributed by atoms with Crippen molar-refractivity contribution in [3.05, 3.63) is 206 Å². The number of aromatic nitrogens is 6. The number of imidazole rings is 1. The van der Waals surface area contributed by atoms with Crippen LogP contribution < -0.4 is 8.92 Å². The second kappa shape index (κ2) is 17.4. The van der Waals surface area contributed by atoms with Crippen LogP contribution in [0.25, 0.3) is 94.4 Å². The molecule has 12 rings (SSSR count). The van der Waals surface area contributed by atoms with E-state index in [1.807, 2.05) is 6.20 Å². The van der Waals surface area contributed by atoms with E-state index in [0.717, 1.165) is 92.3 Å². The van der Waals surface area contributed by atoms with E-state index >= 15 is 0 Å². The Morgan fingerprint density at radius 3 is 1.75 bits per heavy atom. The maximum absolute atomic E-state index is 5.10. The molecule has 67 heavy (non-hydrogen) atoms. The molecule has 0 unspecified atom stereocenters. The molecular formula is C59H44N6PtSe. The Morgan fingerprint density at radius 1 is 0.522 bits per heavy atom. The quantitative estimate of drug-likeness (QED) is 0.0822. The molecule has 0 aliphatic rings. The van der Waals surface area contributed by atoms with Crippen LogP contribution in [0, 0.1) is 12.1 Å². The molecular weight excluding hydrogens is 1070 g/mol. The molecule has 0 N–H and O–H groups in total. The summed E-state index contributed by atoms with van der Waals surface area (Å²) in [6, 6.07) is 68.5. The summed E-state index contributed by atoms with van der Waals surface area (Å²) in [6.45, 7) is 9.09. The first-order valence-electron chi connectivity index (χ1n) is 22.6. The van der Waals surface area contributed by atoms with Crippen molar-refractivity contribution < 1.29 is 21.1 Å². The smallest absolute Gasteiger partial charge is 2.00 e. The number of hydrogen-bond acceptors (Lipinski definition) is 3. The van der Waals surface area contributed by atoms with Gasteiger partial charge in [0.15, 0.2) is 0 Å². The number of rotatable bonds is 9. The van der Waals surface area contributed by atoms with Gasteiger partial charge in [-0.1, -0.05) is 0 Å². The minimum absolute atomic E-state index is 0. The van der Waals surface area contributed by atoms with Gasteiger partial charge in [-0.25, -0.2) is 0 Å². The Hall–Kier alpha value is -6.88. The van der Waals surface area contributed by atoms with Crippen LogP contribution in [0.1, 0.15) is 50.7 Å². The zero-order valence-electron chi connectivity index (χ0n) is 37.4. The predicted molar refractivity (Wildman–Crippen MR) is 273 cm³/mol. The first kappa shape index (κ1) is 42.7. The van der Waals surface area contributed by atoms with Gasteiger partial charge in [-0.3, -0.25) is 0 Å². The second-order valence-electron chi connectivity index (χ2n) is 17.5. The van der Waals surface area contributed by atoms with Crippen LogP contribution in [0.2, 0.25) is 0 Å². The normalized spacial score (nSPS) is 11.8. The average molecular weight is 1110 g/mol. The van der Waals surface area contributed by atoms with Crippen molar-refractivity contribution in [1.82, 2.24) is 28.7 Å². The maximum Gasteiger partial charge on any atom is 2.00 e. The van der Waals surface area contributed by atoms with Gasteiger partial charge < -0.3 is 0 Å². The molecule has 8 aromatic carbocycles. The first-order chi connectivity index (χ1) is 32.4. The van der Waals surface area contributed by atoms with Crippen molar-refractivity contribution in [2.45, 2.75) is 39.5 Å². The third-order valence-electron chi connectivity index (χ3n) is 12.9. The Labute approximate surface area is 410 Å². The number of hydrogen-bond donors (Lipinski definition) is 0. The monoisotopic (exact) mass is 1110 g/mol. The summed E-state index contributed by atoms with van der Waals surface area (Å²) in [5.41, 5.74) is 13.3. The third-order valence-corrected chi connectivity index (χ3v) is 14.8. The van der Waals surface area contributed by atoms with Crippen LogP contribution in [0.4, 0.5) is 0 Å². The van der Waals surface area contributed by atoms with E-state index in [9.17, 15) is 0 Å². The van der Waals surface area contributed by atoms with Gasteiger partial charge in [0, 0.05) is 0 Å². The molecule has 0 bridgehead atoms. The fourth-order valence-electron chi connectivity index (χ4n) is 9.86. The fourth-order valence-corrected chi connectivity index (χ4v) is 11.6. The van der Waals surface area contributed by atoms with E-state index in [4.69, 9.17) is 15.2 Å². The van der Waals surface area contributed by atoms with Gasteiger partial charge in [0.25, 0.3) is 0 Å². The Bertz CT molecular complexity index is 3730. The summed E-state index contributed by atoms with van der Waals surface area (Å²) in [5.74, 6) is 2.33. The van der Waals surface area contributed by atoms with Crippen LogP contribution in [0.15, 0.2) is 182 Å². The summed E-state index contributed by atoms with van der Waals surface area (Å²) in [5, 5.41) is 15.6. The topological polar surface area (TPSA) is 52.9 Å². The standard InChI is InChI=1S/C59H44N6Se.Pt/c1-37(2)43-23-15-24-44(38(3)4)56(43)63-34-33-60-59(63)64-52-27-13-12-22-49(52)50-32-30-42(36-54(50)64)66-41-29-31-47-48-21-11-14-28-53(48)65-57(51(47)35-41)61-62-58(65)55-45(39-17-7-5-8-18-39)25-16-26-46(55)40-19-9-6-10-20-40;/h5-34,37-38H,1-4H3;/q-2;+2. The zero-order chi connectivity index (χ0) is 44.5. The molecule has 0 amide bonds. The molecule has 0 spiro atoms. The summed E-state index contributed by atoms with van der Waals surface area (Å²) in [6.07, 6.45) is 4.04. The van der Waals surface area contributed by atoms with Crippen molar-refractivity contribution in [3.8, 4) is 45.3 Å². The van der Waals surface area contributed by atoms with Gasteiger partial charge in [0.2, 0.25) is 0 Å². The summed E-state index contributed by atoms with van der Waals surface area (Å²) in [7, 11) is 0. The molecule has 6 nitrogen and oxygen atoms in total. The molecule has 0 aliphatic heterocycles. The minimum atomic E-state index is -0.139. The van der Waals surface area contributed by atoms with Crippen molar-refractivity contribution in [1.29, 1.82) is 0 Å². The SMILES string of the molecule is CC(C)c1cccc(C(C)C)c1-n1ccnc1-n1c2[c-]c([Se]c3[c-]c4c(cc3)c3ccccc3n3c(-c5c(-c6ccccc6)cccc5-c5ccccc5)nnc43)ccc2c2ccccc21.[Pt+2]. The van der Waals surface area contributed by atoms with Gasteiger partial charge in [-0.2, -0.15) is 0 Å². The molecule has 0 atom stereocenters. The molecule has 0 fully saturated rings. The summed E-state index contributed by atoms with van der Waals surface area (Å²) < 4.78 is 9.09. The molecule has 4 heterocycles. The largest absolute Gasteiger partial charge is 2.00 e. The molecule has 8 heteroatoms. The molecule has 0 radical (unpaired) electrons. The number of fused-ring (bicyclic) bond motifs is 9. The van der Waals surface area contributed by atoms with Crippen LogP contribution in [-0.2, 0) is 21.1 Å². The van der Waals surface area contributed by atoms with Crippen molar-refractivity contribution >= 4 is 73.0 Å². The third kappa shape index (κ3) is 7.16. The van der Waals surface area contributed by atoms with E-state index in [2.05, 4.69) is 229 Å². The van der Waals surface area contributed by atoms with Gasteiger partial charge in [0.1, 0.15) is 0 Å².